The highest BCUT2D eigenvalue weighted by atomic mass is 19.1. The van der Waals surface area contributed by atoms with Gasteiger partial charge in [-0.05, 0) is 36.2 Å². The topological polar surface area (TPSA) is 51.2 Å². The van der Waals surface area contributed by atoms with Crippen LogP contribution in [0, 0.1) is 5.95 Å². The molecule has 0 radical (unpaired) electrons. The van der Waals surface area contributed by atoms with Crippen LogP contribution in [-0.4, -0.2) is 24.5 Å². The smallest absolute Gasteiger partial charge is 0.252 e. The van der Waals surface area contributed by atoms with Gasteiger partial charge in [0.1, 0.15) is 5.75 Å². The average Bonchev–Trinajstić information content (AvgIpc) is 2.48. The van der Waals surface area contributed by atoms with Gasteiger partial charge in [-0.1, -0.05) is 12.1 Å². The highest BCUT2D eigenvalue weighted by Gasteiger charge is 2.05. The van der Waals surface area contributed by atoms with Gasteiger partial charge in [0.15, 0.2) is 0 Å². The molecule has 0 saturated heterocycles. The average molecular weight is 274 g/mol. The van der Waals surface area contributed by atoms with E-state index in [2.05, 4.69) is 10.3 Å². The Kier molecular flexibility index (Phi) is 4.65. The van der Waals surface area contributed by atoms with Gasteiger partial charge in [0.2, 0.25) is 5.95 Å². The maximum atomic E-state index is 12.6. The first-order chi connectivity index (χ1) is 9.69. The summed E-state index contributed by atoms with van der Waals surface area (Å²) >= 11 is 0. The number of nitrogens with one attached hydrogen (secondary N) is 1. The van der Waals surface area contributed by atoms with E-state index in [0.717, 1.165) is 11.3 Å². The first-order valence-electron chi connectivity index (χ1n) is 6.22. The van der Waals surface area contributed by atoms with Gasteiger partial charge in [0.05, 0.1) is 12.7 Å². The number of rotatable bonds is 5. The molecule has 2 rings (SSSR count). The molecule has 0 spiro atoms. The second-order valence-corrected chi connectivity index (χ2v) is 4.22. The number of carbonyl (C=O) groups is 1. The van der Waals surface area contributed by atoms with Crippen molar-refractivity contribution in [1.82, 2.24) is 10.3 Å². The minimum atomic E-state index is -0.597. The van der Waals surface area contributed by atoms with Crippen LogP contribution in [0.5, 0.6) is 5.75 Å². The van der Waals surface area contributed by atoms with Gasteiger partial charge in [-0.2, -0.15) is 4.39 Å². The maximum absolute atomic E-state index is 12.6. The quantitative estimate of drug-likeness (QED) is 0.850. The van der Waals surface area contributed by atoms with E-state index < -0.39 is 5.95 Å². The first-order valence-corrected chi connectivity index (χ1v) is 6.22. The molecule has 0 unspecified atom stereocenters. The Bertz CT molecular complexity index is 567. The number of hydrogen-bond donors (Lipinski definition) is 1. The van der Waals surface area contributed by atoms with Crippen molar-refractivity contribution in [2.24, 2.45) is 0 Å². The predicted molar refractivity (Wildman–Crippen MR) is 73.2 cm³/mol. The predicted octanol–water partition coefficient (Wildman–Crippen LogP) is 2.20. The third kappa shape index (κ3) is 3.78. The Labute approximate surface area is 116 Å². The SMILES string of the molecule is COc1ccc(CCNC(=O)c2ccc(F)nc2)cc1. The molecule has 0 aliphatic carbocycles. The van der Waals surface area contributed by atoms with E-state index in [1.807, 2.05) is 24.3 Å². The molecule has 0 aliphatic heterocycles. The van der Waals surface area contributed by atoms with Crippen molar-refractivity contribution in [1.29, 1.82) is 0 Å². The largest absolute Gasteiger partial charge is 0.497 e. The molecule has 1 heterocycles. The number of pyridine rings is 1. The number of methoxy groups -OCH3 is 1. The van der Waals surface area contributed by atoms with E-state index in [-0.39, 0.29) is 5.91 Å². The zero-order valence-corrected chi connectivity index (χ0v) is 11.1. The minimum absolute atomic E-state index is 0.258. The fraction of sp³-hybridized carbons (Fsp3) is 0.200. The summed E-state index contributed by atoms with van der Waals surface area (Å²) in [5.74, 6) is -0.0547. The van der Waals surface area contributed by atoms with Crippen LogP contribution in [0.15, 0.2) is 42.6 Å². The zero-order valence-electron chi connectivity index (χ0n) is 11.1. The van der Waals surface area contributed by atoms with Crippen LogP contribution >= 0.6 is 0 Å². The summed E-state index contributed by atoms with van der Waals surface area (Å²) in [5, 5.41) is 2.76. The lowest BCUT2D eigenvalue weighted by molar-refractivity contribution is 0.0953. The van der Waals surface area contributed by atoms with Crippen LogP contribution in [0.3, 0.4) is 0 Å². The molecule has 5 heteroatoms. The highest BCUT2D eigenvalue weighted by Crippen LogP contribution is 2.11. The summed E-state index contributed by atoms with van der Waals surface area (Å²) in [6, 6.07) is 10.2. The second-order valence-electron chi connectivity index (χ2n) is 4.22. The monoisotopic (exact) mass is 274 g/mol. The summed E-state index contributed by atoms with van der Waals surface area (Å²) in [7, 11) is 1.62. The highest BCUT2D eigenvalue weighted by molar-refractivity contribution is 5.93. The van der Waals surface area contributed by atoms with Gasteiger partial charge in [0, 0.05) is 12.7 Å². The molecule has 1 aromatic heterocycles. The molecule has 0 aliphatic rings. The van der Waals surface area contributed by atoms with Gasteiger partial charge in [-0.25, -0.2) is 4.98 Å². The first kappa shape index (κ1) is 14.0. The van der Waals surface area contributed by atoms with Gasteiger partial charge < -0.3 is 10.1 Å². The molecule has 4 nitrogen and oxygen atoms in total. The van der Waals surface area contributed by atoms with E-state index in [0.29, 0.717) is 18.5 Å². The standard InChI is InChI=1S/C15H15FN2O2/c1-20-13-5-2-11(3-6-13)8-9-17-15(19)12-4-7-14(16)18-10-12/h2-7,10H,8-9H2,1H3,(H,17,19). The van der Waals surface area contributed by atoms with Crippen LogP contribution < -0.4 is 10.1 Å². The van der Waals surface area contributed by atoms with Crippen molar-refractivity contribution >= 4 is 5.91 Å². The molecule has 0 bridgehead atoms. The molecule has 1 aromatic carbocycles. The fourth-order valence-electron chi connectivity index (χ4n) is 1.72. The van der Waals surface area contributed by atoms with E-state index in [1.165, 1.54) is 18.3 Å². The molecule has 104 valence electrons. The second kappa shape index (κ2) is 6.65. The van der Waals surface area contributed by atoms with Crippen molar-refractivity contribution in [3.63, 3.8) is 0 Å². The van der Waals surface area contributed by atoms with Crippen molar-refractivity contribution in [3.8, 4) is 5.75 Å². The van der Waals surface area contributed by atoms with Crippen LogP contribution in [0.25, 0.3) is 0 Å². The maximum Gasteiger partial charge on any atom is 0.252 e. The fourth-order valence-corrected chi connectivity index (χ4v) is 1.72. The Morgan fingerprint density at radius 2 is 2.00 bits per heavy atom. The van der Waals surface area contributed by atoms with Gasteiger partial charge >= 0.3 is 0 Å². The summed E-state index contributed by atoms with van der Waals surface area (Å²) in [6.45, 7) is 0.503. The van der Waals surface area contributed by atoms with Crippen molar-refractivity contribution < 1.29 is 13.9 Å². The minimum Gasteiger partial charge on any atom is -0.497 e. The molecule has 0 saturated carbocycles. The summed E-state index contributed by atoms with van der Waals surface area (Å²) in [4.78, 5) is 15.2. The van der Waals surface area contributed by atoms with Gasteiger partial charge in [-0.3, -0.25) is 4.79 Å². The lowest BCUT2D eigenvalue weighted by atomic mass is 10.1. The van der Waals surface area contributed by atoms with Crippen molar-refractivity contribution in [3.05, 3.63) is 59.7 Å². The van der Waals surface area contributed by atoms with Gasteiger partial charge in [-0.15, -0.1) is 0 Å². The van der Waals surface area contributed by atoms with Gasteiger partial charge in [0.25, 0.3) is 5.91 Å². The normalized spacial score (nSPS) is 10.1. The molecule has 1 amide bonds. The molecular weight excluding hydrogens is 259 g/mol. The third-order valence-corrected chi connectivity index (χ3v) is 2.85. The molecule has 2 aromatic rings. The number of halogens is 1. The van der Waals surface area contributed by atoms with Crippen LogP contribution in [0.4, 0.5) is 4.39 Å². The lowest BCUT2D eigenvalue weighted by Gasteiger charge is -2.06. The summed E-state index contributed by atoms with van der Waals surface area (Å²) < 4.78 is 17.7. The van der Waals surface area contributed by atoms with E-state index >= 15 is 0 Å². The van der Waals surface area contributed by atoms with Crippen molar-refractivity contribution in [2.45, 2.75) is 6.42 Å². The number of aromatic nitrogens is 1. The molecule has 0 fully saturated rings. The van der Waals surface area contributed by atoms with Crippen LogP contribution in [0.2, 0.25) is 0 Å². The lowest BCUT2D eigenvalue weighted by Crippen LogP contribution is -2.25. The number of ether oxygens (including phenoxy) is 1. The van der Waals surface area contributed by atoms with E-state index in [9.17, 15) is 9.18 Å². The Morgan fingerprint density at radius 3 is 2.60 bits per heavy atom. The number of hydrogen-bond acceptors (Lipinski definition) is 3. The van der Waals surface area contributed by atoms with Crippen molar-refractivity contribution in [2.75, 3.05) is 13.7 Å². The molecular formula is C15H15FN2O2. The molecule has 1 N–H and O–H groups in total. The van der Waals surface area contributed by atoms with Crippen LogP contribution in [0.1, 0.15) is 15.9 Å². The van der Waals surface area contributed by atoms with E-state index in [1.54, 1.807) is 7.11 Å². The number of carbonyl (C=O) groups excluding carboxylic acids is 1. The third-order valence-electron chi connectivity index (χ3n) is 2.85. The zero-order chi connectivity index (χ0) is 14.4. The number of benzene rings is 1. The summed E-state index contributed by atoms with van der Waals surface area (Å²) in [5.41, 5.74) is 1.45. The number of amides is 1. The Morgan fingerprint density at radius 1 is 1.25 bits per heavy atom. The van der Waals surface area contributed by atoms with Crippen LogP contribution in [-0.2, 0) is 6.42 Å². The summed E-state index contributed by atoms with van der Waals surface area (Å²) in [6.07, 6.45) is 1.93. The van der Waals surface area contributed by atoms with E-state index in [4.69, 9.17) is 4.74 Å². The molecule has 0 atom stereocenters. The molecule has 20 heavy (non-hydrogen) atoms. The Hall–Kier alpha value is -2.43. The number of nitrogens with zero attached hydrogens (tertiary/aromatic N) is 1. The Balaban J connectivity index is 1.82.